The van der Waals surface area contributed by atoms with E-state index in [1.54, 1.807) is 18.3 Å². The minimum absolute atomic E-state index is 0.0311. The second kappa shape index (κ2) is 4.14. The minimum atomic E-state index is -0.215. The average molecular weight is 218 g/mol. The number of pyridine rings is 2. The molecule has 2 aromatic heterocycles. The van der Waals surface area contributed by atoms with E-state index in [1.807, 2.05) is 0 Å². The molecule has 0 bridgehead atoms. The maximum absolute atomic E-state index is 11.6. The van der Waals surface area contributed by atoms with E-state index in [9.17, 15) is 9.59 Å². The molecule has 2 rings (SSSR count). The average Bonchev–Trinajstić information content (AvgIpc) is 2.32. The molecule has 5 nitrogen and oxygen atoms in total. The first-order valence-electron chi connectivity index (χ1n) is 4.73. The number of nitrogens with zero attached hydrogens (tertiary/aromatic N) is 2. The van der Waals surface area contributed by atoms with Crippen LogP contribution in [-0.4, -0.2) is 22.9 Å². The van der Waals surface area contributed by atoms with E-state index in [-0.39, 0.29) is 12.1 Å². The highest BCUT2D eigenvalue weighted by Gasteiger charge is 2.04. The fraction of sp³-hybridized carbons (Fsp3) is 0.182. The van der Waals surface area contributed by atoms with Crippen LogP contribution in [0.2, 0.25) is 0 Å². The van der Waals surface area contributed by atoms with Crippen molar-refractivity contribution in [3.8, 4) is 5.88 Å². The van der Waals surface area contributed by atoms with Gasteiger partial charge in [0.15, 0.2) is 0 Å². The first kappa shape index (κ1) is 10.4. The van der Waals surface area contributed by atoms with Crippen molar-refractivity contribution in [3.63, 3.8) is 0 Å². The topological polar surface area (TPSA) is 61.2 Å². The van der Waals surface area contributed by atoms with Crippen molar-refractivity contribution >= 4 is 17.2 Å². The summed E-state index contributed by atoms with van der Waals surface area (Å²) in [5.74, 6) is 0.415. The van der Waals surface area contributed by atoms with E-state index in [0.29, 0.717) is 17.7 Å². The van der Waals surface area contributed by atoms with Crippen LogP contribution in [0.3, 0.4) is 0 Å². The molecule has 0 radical (unpaired) electrons. The Morgan fingerprint density at radius 2 is 2.31 bits per heavy atom. The third-order valence-corrected chi connectivity index (χ3v) is 2.32. The van der Waals surface area contributed by atoms with Crippen molar-refractivity contribution in [1.82, 2.24) is 9.55 Å². The number of aromatic nitrogens is 2. The number of fused-ring (bicyclic) bond motifs is 1. The zero-order valence-electron chi connectivity index (χ0n) is 8.71. The van der Waals surface area contributed by atoms with Gasteiger partial charge in [0, 0.05) is 23.7 Å². The van der Waals surface area contributed by atoms with E-state index in [1.165, 1.54) is 17.7 Å². The van der Waals surface area contributed by atoms with Crippen LogP contribution in [0.4, 0.5) is 0 Å². The van der Waals surface area contributed by atoms with Gasteiger partial charge >= 0.3 is 0 Å². The Hall–Kier alpha value is -2.17. The van der Waals surface area contributed by atoms with Crippen LogP contribution in [0.1, 0.15) is 0 Å². The lowest BCUT2D eigenvalue weighted by Crippen LogP contribution is -2.20. The van der Waals surface area contributed by atoms with E-state index < -0.39 is 0 Å². The Bertz CT molecular complexity index is 589. The van der Waals surface area contributed by atoms with Gasteiger partial charge in [-0.1, -0.05) is 0 Å². The SMILES string of the molecule is COc1cc2c(ccc(=O)n2CC=O)cn1. The van der Waals surface area contributed by atoms with Gasteiger partial charge in [0.05, 0.1) is 19.2 Å². The second-order valence-electron chi connectivity index (χ2n) is 3.23. The number of carbonyl (C=O) groups is 1. The zero-order chi connectivity index (χ0) is 11.5. The molecule has 16 heavy (non-hydrogen) atoms. The summed E-state index contributed by atoms with van der Waals surface area (Å²) in [5.41, 5.74) is 0.430. The van der Waals surface area contributed by atoms with Gasteiger partial charge in [-0.05, 0) is 6.07 Å². The van der Waals surface area contributed by atoms with Crippen LogP contribution in [-0.2, 0) is 11.3 Å². The Morgan fingerprint density at radius 3 is 3.00 bits per heavy atom. The molecule has 82 valence electrons. The number of aldehydes is 1. The highest BCUT2D eigenvalue weighted by atomic mass is 16.5. The summed E-state index contributed by atoms with van der Waals surface area (Å²) in [6.07, 6.45) is 2.29. The third-order valence-electron chi connectivity index (χ3n) is 2.32. The number of hydrogen-bond acceptors (Lipinski definition) is 4. The summed E-state index contributed by atoms with van der Waals surface area (Å²) >= 11 is 0. The molecule has 2 heterocycles. The molecule has 0 saturated heterocycles. The molecule has 0 saturated carbocycles. The molecule has 0 fully saturated rings. The van der Waals surface area contributed by atoms with Crippen LogP contribution in [0.5, 0.6) is 5.88 Å². The summed E-state index contributed by atoms with van der Waals surface area (Å²) in [6.45, 7) is 0.0311. The molecule has 0 spiro atoms. The lowest BCUT2D eigenvalue weighted by Gasteiger charge is -2.07. The summed E-state index contributed by atoms with van der Waals surface area (Å²) in [5, 5.41) is 0.794. The van der Waals surface area contributed by atoms with Crippen molar-refractivity contribution < 1.29 is 9.53 Å². The highest BCUT2D eigenvalue weighted by molar-refractivity contribution is 5.79. The van der Waals surface area contributed by atoms with E-state index >= 15 is 0 Å². The van der Waals surface area contributed by atoms with Gasteiger partial charge in [0.2, 0.25) is 5.88 Å². The maximum Gasteiger partial charge on any atom is 0.251 e. The first-order valence-corrected chi connectivity index (χ1v) is 4.73. The van der Waals surface area contributed by atoms with Gasteiger partial charge in [0.25, 0.3) is 5.56 Å². The van der Waals surface area contributed by atoms with Gasteiger partial charge < -0.3 is 14.1 Å². The molecular formula is C11H10N2O3. The quantitative estimate of drug-likeness (QED) is 0.708. The van der Waals surface area contributed by atoms with Crippen molar-refractivity contribution in [1.29, 1.82) is 0 Å². The lowest BCUT2D eigenvalue weighted by molar-refractivity contribution is -0.108. The fourth-order valence-electron chi connectivity index (χ4n) is 1.54. The van der Waals surface area contributed by atoms with Crippen molar-refractivity contribution in [2.75, 3.05) is 7.11 Å². The minimum Gasteiger partial charge on any atom is -0.481 e. The third kappa shape index (κ3) is 1.67. The summed E-state index contributed by atoms with van der Waals surface area (Å²) < 4.78 is 6.36. The normalized spacial score (nSPS) is 10.3. The van der Waals surface area contributed by atoms with Crippen molar-refractivity contribution in [3.05, 3.63) is 34.7 Å². The first-order chi connectivity index (χ1) is 7.76. The summed E-state index contributed by atoms with van der Waals surface area (Å²) in [7, 11) is 1.50. The van der Waals surface area contributed by atoms with E-state index in [4.69, 9.17) is 4.74 Å². The Morgan fingerprint density at radius 1 is 1.50 bits per heavy atom. The number of hydrogen-bond donors (Lipinski definition) is 0. The molecule has 0 aliphatic rings. The van der Waals surface area contributed by atoms with E-state index in [0.717, 1.165) is 5.39 Å². The molecule has 0 aliphatic carbocycles. The maximum atomic E-state index is 11.6. The fourth-order valence-corrected chi connectivity index (χ4v) is 1.54. The molecule has 0 amide bonds. The highest BCUT2D eigenvalue weighted by Crippen LogP contribution is 2.15. The van der Waals surface area contributed by atoms with Crippen molar-refractivity contribution in [2.45, 2.75) is 6.54 Å². The van der Waals surface area contributed by atoms with Crippen LogP contribution in [0.15, 0.2) is 29.2 Å². The number of methoxy groups -OCH3 is 1. The monoisotopic (exact) mass is 218 g/mol. The Kier molecular flexibility index (Phi) is 2.68. The van der Waals surface area contributed by atoms with Crippen LogP contribution < -0.4 is 10.3 Å². The van der Waals surface area contributed by atoms with Gasteiger partial charge in [-0.3, -0.25) is 4.79 Å². The molecule has 5 heteroatoms. The van der Waals surface area contributed by atoms with Gasteiger partial charge in [-0.15, -0.1) is 0 Å². The second-order valence-corrected chi connectivity index (χ2v) is 3.23. The zero-order valence-corrected chi connectivity index (χ0v) is 8.71. The molecule has 0 N–H and O–H groups in total. The Balaban J connectivity index is 2.77. The number of rotatable bonds is 3. The predicted octanol–water partition coefficient (Wildman–Crippen LogP) is 0.604. The van der Waals surface area contributed by atoms with Crippen LogP contribution in [0, 0.1) is 0 Å². The lowest BCUT2D eigenvalue weighted by atomic mass is 10.2. The van der Waals surface area contributed by atoms with Gasteiger partial charge in [-0.2, -0.15) is 0 Å². The predicted molar refractivity (Wildman–Crippen MR) is 58.6 cm³/mol. The molecule has 2 aromatic rings. The van der Waals surface area contributed by atoms with Crippen LogP contribution >= 0.6 is 0 Å². The van der Waals surface area contributed by atoms with Crippen molar-refractivity contribution in [2.24, 2.45) is 0 Å². The largest absolute Gasteiger partial charge is 0.481 e. The molecular weight excluding hydrogens is 208 g/mol. The van der Waals surface area contributed by atoms with E-state index in [2.05, 4.69) is 4.98 Å². The Labute approximate surface area is 91.3 Å². The molecule has 0 unspecified atom stereocenters. The van der Waals surface area contributed by atoms with Crippen LogP contribution in [0.25, 0.3) is 10.9 Å². The smallest absolute Gasteiger partial charge is 0.251 e. The summed E-state index contributed by atoms with van der Waals surface area (Å²) in [4.78, 5) is 26.1. The van der Waals surface area contributed by atoms with Gasteiger partial charge in [0.1, 0.15) is 6.29 Å². The number of ether oxygens (including phenoxy) is 1. The number of carbonyl (C=O) groups excluding carboxylic acids is 1. The molecule has 0 aliphatic heterocycles. The van der Waals surface area contributed by atoms with Gasteiger partial charge in [-0.25, -0.2) is 4.98 Å². The standard InChI is InChI=1S/C11H10N2O3/c1-16-10-6-9-8(7-12-10)2-3-11(15)13(9)4-5-14/h2-3,5-7H,4H2,1H3. The molecule has 0 aromatic carbocycles. The molecule has 0 atom stereocenters. The summed E-state index contributed by atoms with van der Waals surface area (Å²) in [6, 6.07) is 4.73.